The zero-order valence-electron chi connectivity index (χ0n) is 36.3. The molecule has 3 aliphatic carbocycles. The number of rotatable bonds is 12. The molecule has 1 amide bonds. The highest BCUT2D eigenvalue weighted by atomic mass is 16.6. The van der Waals surface area contributed by atoms with Crippen molar-refractivity contribution in [1.82, 2.24) is 5.32 Å². The quantitative estimate of drug-likeness (QED) is 0.116. The molecule has 1 aliphatic heterocycles. The fourth-order valence-electron chi connectivity index (χ4n) is 10.3. The lowest BCUT2D eigenvalue weighted by atomic mass is 9.44. The van der Waals surface area contributed by atoms with Crippen molar-refractivity contribution in [3.8, 4) is 5.75 Å². The molecule has 4 N–H and O–H groups in total. The van der Waals surface area contributed by atoms with E-state index in [1.54, 1.807) is 105 Å². The smallest absolute Gasteiger partial charge is 0.344 e. The van der Waals surface area contributed by atoms with E-state index in [9.17, 15) is 39.3 Å². The van der Waals surface area contributed by atoms with Crippen molar-refractivity contribution >= 4 is 35.6 Å². The van der Waals surface area contributed by atoms with E-state index >= 15 is 4.79 Å². The fourth-order valence-corrected chi connectivity index (χ4v) is 10.3. The molecule has 2 bridgehead atoms. The number of Topliss-reactive ketones (excluding diaryl/α,β-unsaturated/α-hetero) is 1. The average molecular weight is 884 g/mol. The number of fused-ring (bicyclic) bond motifs is 5. The van der Waals surface area contributed by atoms with E-state index in [1.165, 1.54) is 13.8 Å². The minimum Gasteiger partial charge on any atom is -0.482 e. The van der Waals surface area contributed by atoms with Gasteiger partial charge in [-0.05, 0) is 54.8 Å². The number of ketones is 1. The molecule has 0 radical (unpaired) electrons. The summed E-state index contributed by atoms with van der Waals surface area (Å²) in [6, 6.07) is 23.4. The summed E-state index contributed by atoms with van der Waals surface area (Å²) in [5.41, 5.74) is -7.24. The van der Waals surface area contributed by atoms with Crippen LogP contribution in [0, 0.1) is 16.7 Å². The van der Waals surface area contributed by atoms with E-state index in [1.807, 2.05) is 0 Å². The molecule has 2 saturated carbocycles. The number of ether oxygens (including phenoxy) is 6. The minimum atomic E-state index is -2.42. The van der Waals surface area contributed by atoms with Gasteiger partial charge in [0.15, 0.2) is 30.2 Å². The summed E-state index contributed by atoms with van der Waals surface area (Å²) in [5, 5.41) is 40.3. The van der Waals surface area contributed by atoms with Crippen molar-refractivity contribution in [1.29, 1.82) is 0 Å². The number of amides is 1. The summed E-state index contributed by atoms with van der Waals surface area (Å²) in [7, 11) is 0. The fraction of sp³-hybridized carbons (Fsp3) is 0.458. The van der Waals surface area contributed by atoms with Crippen LogP contribution < -0.4 is 10.1 Å². The number of hydrogen-bond acceptors (Lipinski definition) is 15. The summed E-state index contributed by atoms with van der Waals surface area (Å²) in [6.07, 6.45) is -10.7. The van der Waals surface area contributed by atoms with Crippen LogP contribution in [0.4, 0.5) is 0 Å². The number of aliphatic hydroxyl groups is 3. The van der Waals surface area contributed by atoms with Crippen molar-refractivity contribution in [2.45, 2.75) is 108 Å². The maximum absolute atomic E-state index is 15.5. The molecular weight excluding hydrogens is 831 g/mol. The highest BCUT2D eigenvalue weighted by molar-refractivity contribution is 5.96. The second-order valence-electron chi connectivity index (χ2n) is 17.7. The van der Waals surface area contributed by atoms with Gasteiger partial charge in [-0.3, -0.25) is 19.2 Å². The maximum atomic E-state index is 15.5. The summed E-state index contributed by atoms with van der Waals surface area (Å²) in [4.78, 5) is 83.4. The first-order valence-corrected chi connectivity index (χ1v) is 21.1. The number of esters is 4. The summed E-state index contributed by atoms with van der Waals surface area (Å²) in [5.74, 6) is -6.70. The van der Waals surface area contributed by atoms with Gasteiger partial charge in [0.1, 0.15) is 29.7 Å². The summed E-state index contributed by atoms with van der Waals surface area (Å²) in [6.45, 7) is 7.20. The standard InChI is InChI=1S/C48H53NO15/c1-26-32(62-44(57)38(54)37(29-16-10-7-11-17-29)49-43(56)30-18-12-8-13-19-30)23-48(58)42(63-35(53)24-59-31-20-14-9-15-21-31)40-46(6,33(52)22-34-47(40,25-60-34)64-28(3)51)41(55)39(61-27(2)50)36(26)45(48,4)5/h7-21,32-34,37-40,42,52,54,58H,22-25H2,1-6H3,(H,49,56)/t32-,33-,34+,37-,38+,39+,40-,42-,46+,47-,48+/m0/s1. The number of para-hydroxylation sites is 1. The van der Waals surface area contributed by atoms with Crippen molar-refractivity contribution in [2.24, 2.45) is 16.7 Å². The Morgan fingerprint density at radius 2 is 1.47 bits per heavy atom. The Hall–Kier alpha value is -5.94. The number of hydrogen-bond donors (Lipinski definition) is 4. The van der Waals surface area contributed by atoms with Gasteiger partial charge in [-0.15, -0.1) is 0 Å². The molecule has 3 aromatic rings. The Morgan fingerprint density at radius 1 is 0.859 bits per heavy atom. The molecule has 0 unspecified atom stereocenters. The van der Waals surface area contributed by atoms with Crippen molar-refractivity contribution in [3.63, 3.8) is 0 Å². The summed E-state index contributed by atoms with van der Waals surface area (Å²) < 4.78 is 35.9. The van der Waals surface area contributed by atoms with Gasteiger partial charge < -0.3 is 49.1 Å². The Balaban J connectivity index is 1.36. The van der Waals surface area contributed by atoms with Gasteiger partial charge >= 0.3 is 23.9 Å². The highest BCUT2D eigenvalue weighted by Gasteiger charge is 2.78. The van der Waals surface area contributed by atoms with E-state index in [-0.39, 0.29) is 29.7 Å². The topological polar surface area (TPSA) is 231 Å². The highest BCUT2D eigenvalue weighted by Crippen LogP contribution is 2.64. The molecule has 340 valence electrons. The third-order valence-corrected chi connectivity index (χ3v) is 13.6. The van der Waals surface area contributed by atoms with E-state index in [0.29, 0.717) is 11.3 Å². The number of aliphatic hydroxyl groups excluding tert-OH is 2. The first kappa shape index (κ1) is 46.1. The molecule has 3 fully saturated rings. The Morgan fingerprint density at radius 3 is 2.05 bits per heavy atom. The molecule has 4 aliphatic rings. The first-order valence-electron chi connectivity index (χ1n) is 21.1. The van der Waals surface area contributed by atoms with Crippen molar-refractivity contribution in [2.75, 3.05) is 13.2 Å². The minimum absolute atomic E-state index is 0.0206. The lowest BCUT2D eigenvalue weighted by Gasteiger charge is -2.67. The number of nitrogens with one attached hydrogen (secondary N) is 1. The number of carbonyl (C=O) groups excluding carboxylic acids is 6. The lowest BCUT2D eigenvalue weighted by molar-refractivity contribution is -0.347. The van der Waals surface area contributed by atoms with E-state index in [2.05, 4.69) is 5.32 Å². The van der Waals surface area contributed by atoms with Crippen molar-refractivity contribution < 1.29 is 72.5 Å². The van der Waals surface area contributed by atoms with Gasteiger partial charge in [-0.2, -0.15) is 0 Å². The van der Waals surface area contributed by atoms with E-state index in [4.69, 9.17) is 28.4 Å². The zero-order chi connectivity index (χ0) is 46.4. The molecule has 64 heavy (non-hydrogen) atoms. The van der Waals surface area contributed by atoms with Crippen LogP contribution in [-0.4, -0.2) is 112 Å². The molecule has 1 saturated heterocycles. The maximum Gasteiger partial charge on any atom is 0.344 e. The van der Waals surface area contributed by atoms with Gasteiger partial charge in [0.25, 0.3) is 5.91 Å². The van der Waals surface area contributed by atoms with Crippen LogP contribution in [0.15, 0.2) is 102 Å². The molecule has 16 nitrogen and oxygen atoms in total. The third-order valence-electron chi connectivity index (χ3n) is 13.6. The van der Waals surface area contributed by atoms with Crippen LogP contribution in [0.25, 0.3) is 0 Å². The van der Waals surface area contributed by atoms with Crippen LogP contribution in [0.3, 0.4) is 0 Å². The van der Waals surface area contributed by atoms with Gasteiger partial charge in [0.05, 0.1) is 30.1 Å². The summed E-state index contributed by atoms with van der Waals surface area (Å²) >= 11 is 0. The SMILES string of the molecule is CC(=O)O[C@H]1C(=O)[C@@]2(C)[C@H]([C@H](OC(=O)COc3ccccc3)[C@]3(O)C[C@H](OC(=O)[C@H](O)[C@@H](NC(=O)c4ccccc4)c4ccccc4)C(C)=C1C3(C)C)[C@]1(OC(C)=O)CO[C@@H]1C[C@@H]2O. The predicted octanol–water partition coefficient (Wildman–Crippen LogP) is 3.50. The molecule has 0 aromatic heterocycles. The second-order valence-corrected chi connectivity index (χ2v) is 17.7. The molecule has 3 aromatic carbocycles. The first-order chi connectivity index (χ1) is 30.3. The molecule has 11 atom stereocenters. The van der Waals surface area contributed by atoms with Crippen LogP contribution in [0.5, 0.6) is 5.75 Å². The third kappa shape index (κ3) is 7.97. The Bertz CT molecular complexity index is 2320. The molecule has 1 heterocycles. The number of benzene rings is 3. The number of carbonyl (C=O) groups is 6. The van der Waals surface area contributed by atoms with Gasteiger partial charge in [-0.25, -0.2) is 9.59 Å². The molecule has 0 spiro atoms. The normalized spacial score (nSPS) is 31.2. The van der Waals surface area contributed by atoms with Gasteiger partial charge in [-0.1, -0.05) is 80.6 Å². The van der Waals surface area contributed by atoms with E-state index < -0.39 is 119 Å². The van der Waals surface area contributed by atoms with Crippen LogP contribution in [0.1, 0.15) is 76.3 Å². The Kier molecular flexibility index (Phi) is 12.6. The lowest BCUT2D eigenvalue weighted by Crippen LogP contribution is -2.82. The van der Waals surface area contributed by atoms with Crippen LogP contribution >= 0.6 is 0 Å². The van der Waals surface area contributed by atoms with Crippen LogP contribution in [-0.2, 0) is 47.7 Å². The van der Waals surface area contributed by atoms with Crippen molar-refractivity contribution in [3.05, 3.63) is 113 Å². The average Bonchev–Trinajstić information content (AvgIpc) is 3.26. The van der Waals surface area contributed by atoms with E-state index in [0.717, 1.165) is 13.8 Å². The second kappa shape index (κ2) is 17.6. The molecular formula is C48H53NO15. The van der Waals surface area contributed by atoms with Gasteiger partial charge in [0, 0.05) is 37.7 Å². The zero-order valence-corrected chi connectivity index (χ0v) is 36.3. The molecule has 7 rings (SSSR count). The largest absolute Gasteiger partial charge is 0.482 e. The predicted molar refractivity (Wildman–Crippen MR) is 224 cm³/mol. The molecule has 16 heteroatoms. The Labute approximate surface area is 369 Å². The monoisotopic (exact) mass is 883 g/mol. The van der Waals surface area contributed by atoms with Gasteiger partial charge in [0.2, 0.25) is 0 Å². The van der Waals surface area contributed by atoms with Crippen LogP contribution in [0.2, 0.25) is 0 Å².